The van der Waals surface area contributed by atoms with Gasteiger partial charge in [-0.15, -0.1) is 5.10 Å². The number of carbonyl (C=O) groups excluding carboxylic acids is 1. The predicted molar refractivity (Wildman–Crippen MR) is 87.5 cm³/mol. The molecule has 23 heavy (non-hydrogen) atoms. The molecule has 126 valence electrons. The summed E-state index contributed by atoms with van der Waals surface area (Å²) in [6, 6.07) is 0.887. The molecule has 1 N–H and O–H groups in total. The Morgan fingerprint density at radius 1 is 1.26 bits per heavy atom. The van der Waals surface area contributed by atoms with Crippen LogP contribution in [0.4, 0.5) is 0 Å². The SMILES string of the molecule is Cc1nnsc1C(=O)N[C@@H]1CN(C2CCOCC2)C[C@H]1C1CC1. The number of ether oxygens (including phenoxy) is 1. The number of rotatable bonds is 4. The zero-order valence-corrected chi connectivity index (χ0v) is 14.3. The molecule has 3 heterocycles. The van der Waals surface area contributed by atoms with Gasteiger partial charge in [0.25, 0.3) is 5.91 Å². The lowest BCUT2D eigenvalue weighted by atomic mass is 9.98. The zero-order chi connectivity index (χ0) is 15.8. The highest BCUT2D eigenvalue weighted by atomic mass is 32.1. The van der Waals surface area contributed by atoms with Crippen molar-refractivity contribution in [3.63, 3.8) is 0 Å². The molecule has 0 spiro atoms. The van der Waals surface area contributed by atoms with E-state index in [1.54, 1.807) is 0 Å². The van der Waals surface area contributed by atoms with E-state index in [1.807, 2.05) is 6.92 Å². The van der Waals surface area contributed by atoms with Gasteiger partial charge in [-0.05, 0) is 56.0 Å². The summed E-state index contributed by atoms with van der Waals surface area (Å²) in [5.41, 5.74) is 0.731. The molecule has 3 aliphatic rings. The molecular formula is C16H24N4O2S. The zero-order valence-electron chi connectivity index (χ0n) is 13.5. The molecule has 1 aliphatic carbocycles. The molecule has 0 unspecified atom stereocenters. The van der Waals surface area contributed by atoms with Crippen LogP contribution in [0, 0.1) is 18.8 Å². The molecule has 4 rings (SSSR count). The third kappa shape index (κ3) is 3.27. The average molecular weight is 336 g/mol. The van der Waals surface area contributed by atoms with Crippen molar-refractivity contribution in [1.82, 2.24) is 19.8 Å². The topological polar surface area (TPSA) is 67.4 Å². The highest BCUT2D eigenvalue weighted by Gasteiger charge is 2.44. The minimum absolute atomic E-state index is 0.00183. The van der Waals surface area contributed by atoms with E-state index in [9.17, 15) is 4.79 Å². The van der Waals surface area contributed by atoms with E-state index in [0.29, 0.717) is 16.8 Å². The third-order valence-corrected chi connectivity index (χ3v) is 6.33. The first kappa shape index (κ1) is 15.5. The van der Waals surface area contributed by atoms with Crippen molar-refractivity contribution in [3.05, 3.63) is 10.6 Å². The second-order valence-corrected chi connectivity index (χ2v) is 7.82. The number of hydrogen-bond acceptors (Lipinski definition) is 6. The van der Waals surface area contributed by atoms with Crippen LogP contribution in [0.25, 0.3) is 0 Å². The number of hydrogen-bond donors (Lipinski definition) is 1. The molecule has 7 heteroatoms. The highest BCUT2D eigenvalue weighted by molar-refractivity contribution is 7.08. The van der Waals surface area contributed by atoms with Crippen LogP contribution in [0.1, 0.15) is 41.0 Å². The molecule has 2 saturated heterocycles. The first-order chi connectivity index (χ1) is 11.2. The summed E-state index contributed by atoms with van der Waals surface area (Å²) in [4.78, 5) is 15.8. The van der Waals surface area contributed by atoms with E-state index in [4.69, 9.17) is 4.74 Å². The highest BCUT2D eigenvalue weighted by Crippen LogP contribution is 2.42. The van der Waals surface area contributed by atoms with E-state index < -0.39 is 0 Å². The van der Waals surface area contributed by atoms with Crippen LogP contribution in [-0.2, 0) is 4.74 Å². The Balaban J connectivity index is 1.43. The van der Waals surface area contributed by atoms with Crippen molar-refractivity contribution in [2.75, 3.05) is 26.3 Å². The van der Waals surface area contributed by atoms with Gasteiger partial charge in [0, 0.05) is 38.4 Å². The van der Waals surface area contributed by atoms with Crippen molar-refractivity contribution < 1.29 is 9.53 Å². The Bertz CT molecular complexity index is 568. The normalized spacial score (nSPS) is 29.8. The standard InChI is InChI=1S/C16H24N4O2S/c1-10-15(23-19-18-10)16(21)17-14-9-20(8-13(14)11-2-3-11)12-4-6-22-7-5-12/h11-14H,2-9H2,1H3,(H,17,21)/t13-,14+/m0/s1. The van der Waals surface area contributed by atoms with Crippen LogP contribution in [0.2, 0.25) is 0 Å². The van der Waals surface area contributed by atoms with Gasteiger partial charge in [-0.2, -0.15) is 0 Å². The van der Waals surface area contributed by atoms with Crippen molar-refractivity contribution in [3.8, 4) is 0 Å². The van der Waals surface area contributed by atoms with Gasteiger partial charge in [0.05, 0.1) is 5.69 Å². The lowest BCUT2D eigenvalue weighted by molar-refractivity contribution is 0.0404. The van der Waals surface area contributed by atoms with Crippen molar-refractivity contribution >= 4 is 17.4 Å². The van der Waals surface area contributed by atoms with Crippen molar-refractivity contribution in [2.24, 2.45) is 11.8 Å². The summed E-state index contributed by atoms with van der Waals surface area (Å²) >= 11 is 1.19. The molecular weight excluding hydrogens is 312 g/mol. The fourth-order valence-corrected chi connectivity index (χ4v) is 4.60. The summed E-state index contributed by atoms with van der Waals surface area (Å²) in [6.45, 7) is 5.69. The third-order valence-electron chi connectivity index (χ3n) is 5.50. The van der Waals surface area contributed by atoms with E-state index in [1.165, 1.54) is 24.4 Å². The van der Waals surface area contributed by atoms with Crippen LogP contribution in [0.3, 0.4) is 0 Å². The van der Waals surface area contributed by atoms with Crippen molar-refractivity contribution in [1.29, 1.82) is 0 Å². The second kappa shape index (κ2) is 6.45. The maximum absolute atomic E-state index is 12.5. The average Bonchev–Trinajstić information content (AvgIpc) is 3.18. The van der Waals surface area contributed by atoms with E-state index in [2.05, 4.69) is 19.8 Å². The van der Waals surface area contributed by atoms with E-state index >= 15 is 0 Å². The van der Waals surface area contributed by atoms with Crippen LogP contribution in [0.15, 0.2) is 0 Å². The monoisotopic (exact) mass is 336 g/mol. The summed E-state index contributed by atoms with van der Waals surface area (Å²) in [6.07, 6.45) is 4.88. The van der Waals surface area contributed by atoms with Crippen LogP contribution in [0.5, 0.6) is 0 Å². The summed E-state index contributed by atoms with van der Waals surface area (Å²) in [5.74, 6) is 1.40. The first-order valence-electron chi connectivity index (χ1n) is 8.64. The molecule has 1 aromatic rings. The summed E-state index contributed by atoms with van der Waals surface area (Å²) in [5, 5.41) is 7.23. The summed E-state index contributed by atoms with van der Waals surface area (Å²) in [7, 11) is 0. The minimum atomic E-state index is 0.00183. The molecule has 1 aromatic heterocycles. The fraction of sp³-hybridized carbons (Fsp3) is 0.812. The molecule has 0 radical (unpaired) electrons. The Morgan fingerprint density at radius 2 is 2.04 bits per heavy atom. The number of nitrogens with zero attached hydrogens (tertiary/aromatic N) is 3. The number of likely N-dealkylation sites (tertiary alicyclic amines) is 1. The molecule has 1 amide bonds. The molecule has 6 nitrogen and oxygen atoms in total. The van der Waals surface area contributed by atoms with Gasteiger partial charge in [0.15, 0.2) is 0 Å². The van der Waals surface area contributed by atoms with Gasteiger partial charge < -0.3 is 10.1 Å². The van der Waals surface area contributed by atoms with Gasteiger partial charge in [-0.25, -0.2) is 0 Å². The van der Waals surface area contributed by atoms with Gasteiger partial charge in [-0.1, -0.05) is 4.49 Å². The maximum atomic E-state index is 12.5. The first-order valence-corrected chi connectivity index (χ1v) is 9.41. The van der Waals surface area contributed by atoms with Gasteiger partial charge >= 0.3 is 0 Å². The van der Waals surface area contributed by atoms with E-state index in [0.717, 1.165) is 50.8 Å². The van der Waals surface area contributed by atoms with Crippen LogP contribution in [-0.4, -0.2) is 58.8 Å². The van der Waals surface area contributed by atoms with Gasteiger partial charge in [-0.3, -0.25) is 9.69 Å². The Kier molecular flexibility index (Phi) is 4.34. The van der Waals surface area contributed by atoms with Crippen molar-refractivity contribution in [2.45, 2.75) is 44.7 Å². The number of carbonyl (C=O) groups is 1. The van der Waals surface area contributed by atoms with E-state index in [-0.39, 0.29) is 11.9 Å². The maximum Gasteiger partial charge on any atom is 0.265 e. The Morgan fingerprint density at radius 3 is 2.70 bits per heavy atom. The van der Waals surface area contributed by atoms with Crippen LogP contribution < -0.4 is 5.32 Å². The lowest BCUT2D eigenvalue weighted by Gasteiger charge is -2.31. The van der Waals surface area contributed by atoms with Gasteiger partial charge in [0.2, 0.25) is 0 Å². The molecule has 1 saturated carbocycles. The van der Waals surface area contributed by atoms with Crippen LogP contribution >= 0.6 is 11.5 Å². The van der Waals surface area contributed by atoms with Gasteiger partial charge in [0.1, 0.15) is 4.88 Å². The number of amides is 1. The lowest BCUT2D eigenvalue weighted by Crippen LogP contribution is -2.43. The Hall–Kier alpha value is -1.05. The smallest absolute Gasteiger partial charge is 0.265 e. The molecule has 0 aromatic carbocycles. The quantitative estimate of drug-likeness (QED) is 0.902. The molecule has 2 atom stereocenters. The predicted octanol–water partition coefficient (Wildman–Crippen LogP) is 1.47. The minimum Gasteiger partial charge on any atom is -0.381 e. The Labute approximate surface area is 140 Å². The molecule has 0 bridgehead atoms. The number of aromatic nitrogens is 2. The molecule has 2 aliphatic heterocycles. The summed E-state index contributed by atoms with van der Waals surface area (Å²) < 4.78 is 9.37. The second-order valence-electron chi connectivity index (χ2n) is 7.07. The molecule has 3 fully saturated rings. The number of aryl methyl sites for hydroxylation is 1. The fourth-order valence-electron chi connectivity index (χ4n) is 4.04. The largest absolute Gasteiger partial charge is 0.381 e. The number of nitrogens with one attached hydrogen (secondary N) is 1.